The highest BCUT2D eigenvalue weighted by Gasteiger charge is 2.05. The lowest BCUT2D eigenvalue weighted by atomic mass is 10.2. The minimum atomic E-state index is -0.0958. The normalized spacial score (nSPS) is 11.0. The molecule has 1 amide bonds. The van der Waals surface area contributed by atoms with Crippen molar-refractivity contribution in [3.05, 3.63) is 59.4 Å². The van der Waals surface area contributed by atoms with Crippen LogP contribution in [0.15, 0.2) is 42.6 Å². The predicted molar refractivity (Wildman–Crippen MR) is 84.6 cm³/mol. The smallest absolute Gasteiger partial charge is 0.244 e. The van der Waals surface area contributed by atoms with E-state index in [4.69, 9.17) is 0 Å². The standard InChI is InChI=1S/C17H21N3O/c1-3-11-20-13-16(14(2)19-20)12-18-17(21)10-9-15-7-5-4-6-8-15/h4-10,13H,3,11-12H2,1-2H3,(H,18,21)/b10-9+. The van der Waals surface area contributed by atoms with Gasteiger partial charge in [0.15, 0.2) is 0 Å². The van der Waals surface area contributed by atoms with Crippen molar-refractivity contribution in [2.45, 2.75) is 33.4 Å². The molecule has 0 unspecified atom stereocenters. The number of carbonyl (C=O) groups is 1. The van der Waals surface area contributed by atoms with Crippen LogP contribution >= 0.6 is 0 Å². The average Bonchev–Trinajstić information content (AvgIpc) is 2.84. The summed E-state index contributed by atoms with van der Waals surface area (Å²) in [5.74, 6) is -0.0958. The van der Waals surface area contributed by atoms with E-state index in [0.29, 0.717) is 6.54 Å². The van der Waals surface area contributed by atoms with Gasteiger partial charge in [-0.3, -0.25) is 9.48 Å². The lowest BCUT2D eigenvalue weighted by molar-refractivity contribution is -0.116. The Balaban J connectivity index is 1.88. The summed E-state index contributed by atoms with van der Waals surface area (Å²) < 4.78 is 1.93. The second-order valence-corrected chi connectivity index (χ2v) is 4.96. The Hall–Kier alpha value is -2.36. The molecule has 21 heavy (non-hydrogen) atoms. The van der Waals surface area contributed by atoms with Gasteiger partial charge in [-0.25, -0.2) is 0 Å². The monoisotopic (exact) mass is 283 g/mol. The number of rotatable bonds is 6. The topological polar surface area (TPSA) is 46.9 Å². The van der Waals surface area contributed by atoms with E-state index in [1.165, 1.54) is 0 Å². The van der Waals surface area contributed by atoms with Crippen molar-refractivity contribution in [2.75, 3.05) is 0 Å². The summed E-state index contributed by atoms with van der Waals surface area (Å²) in [6.07, 6.45) is 6.41. The van der Waals surface area contributed by atoms with Gasteiger partial charge in [0.25, 0.3) is 0 Å². The summed E-state index contributed by atoms with van der Waals surface area (Å²) in [5, 5.41) is 7.31. The molecule has 1 N–H and O–H groups in total. The Morgan fingerprint density at radius 3 is 2.81 bits per heavy atom. The molecule has 2 rings (SSSR count). The van der Waals surface area contributed by atoms with E-state index in [9.17, 15) is 4.79 Å². The molecule has 0 saturated heterocycles. The van der Waals surface area contributed by atoms with Crippen LogP contribution in [0, 0.1) is 6.92 Å². The zero-order chi connectivity index (χ0) is 15.1. The molecule has 1 aromatic carbocycles. The third-order valence-corrected chi connectivity index (χ3v) is 3.18. The fourth-order valence-electron chi connectivity index (χ4n) is 2.05. The molecule has 4 nitrogen and oxygen atoms in total. The van der Waals surface area contributed by atoms with Crippen molar-refractivity contribution in [2.24, 2.45) is 0 Å². The Bertz CT molecular complexity index is 614. The van der Waals surface area contributed by atoms with Gasteiger partial charge in [0.2, 0.25) is 5.91 Å². The maximum absolute atomic E-state index is 11.8. The van der Waals surface area contributed by atoms with Gasteiger partial charge in [0.1, 0.15) is 0 Å². The molecule has 110 valence electrons. The number of benzene rings is 1. The van der Waals surface area contributed by atoms with Gasteiger partial charge in [0, 0.05) is 30.9 Å². The van der Waals surface area contributed by atoms with Crippen molar-refractivity contribution >= 4 is 12.0 Å². The van der Waals surface area contributed by atoms with Crippen LogP contribution in [0.2, 0.25) is 0 Å². The zero-order valence-corrected chi connectivity index (χ0v) is 12.5. The second kappa shape index (κ2) is 7.43. The molecule has 4 heteroatoms. The fourth-order valence-corrected chi connectivity index (χ4v) is 2.05. The summed E-state index contributed by atoms with van der Waals surface area (Å²) in [7, 11) is 0. The molecule has 1 heterocycles. The summed E-state index contributed by atoms with van der Waals surface area (Å²) in [6, 6.07) is 9.77. The first-order chi connectivity index (χ1) is 10.2. The van der Waals surface area contributed by atoms with Gasteiger partial charge in [-0.05, 0) is 25.0 Å². The highest BCUT2D eigenvalue weighted by atomic mass is 16.1. The van der Waals surface area contributed by atoms with Crippen molar-refractivity contribution in [1.29, 1.82) is 0 Å². The quantitative estimate of drug-likeness (QED) is 0.829. The highest BCUT2D eigenvalue weighted by Crippen LogP contribution is 2.06. The molecule has 0 aliphatic heterocycles. The Morgan fingerprint density at radius 1 is 1.33 bits per heavy atom. The van der Waals surface area contributed by atoms with Crippen LogP contribution in [0.5, 0.6) is 0 Å². The van der Waals surface area contributed by atoms with E-state index < -0.39 is 0 Å². The van der Waals surface area contributed by atoms with Gasteiger partial charge >= 0.3 is 0 Å². The summed E-state index contributed by atoms with van der Waals surface area (Å²) in [4.78, 5) is 11.8. The maximum Gasteiger partial charge on any atom is 0.244 e. The number of aryl methyl sites for hydroxylation is 2. The number of nitrogens with one attached hydrogen (secondary N) is 1. The molecule has 0 radical (unpaired) electrons. The summed E-state index contributed by atoms with van der Waals surface area (Å²) in [6.45, 7) is 5.50. The minimum absolute atomic E-state index is 0.0958. The average molecular weight is 283 g/mol. The van der Waals surface area contributed by atoms with Gasteiger partial charge in [-0.1, -0.05) is 37.3 Å². The largest absolute Gasteiger partial charge is 0.348 e. The highest BCUT2D eigenvalue weighted by molar-refractivity contribution is 5.91. The van der Waals surface area contributed by atoms with Gasteiger partial charge in [-0.15, -0.1) is 0 Å². The van der Waals surface area contributed by atoms with Crippen LogP contribution in [-0.4, -0.2) is 15.7 Å². The third kappa shape index (κ3) is 4.60. The number of hydrogen-bond acceptors (Lipinski definition) is 2. The molecule has 0 fully saturated rings. The first kappa shape index (κ1) is 15.0. The van der Waals surface area contributed by atoms with E-state index in [1.54, 1.807) is 6.08 Å². The number of nitrogens with zero attached hydrogens (tertiary/aromatic N) is 2. The van der Waals surface area contributed by atoms with E-state index in [2.05, 4.69) is 17.3 Å². The van der Waals surface area contributed by atoms with Crippen molar-refractivity contribution in [3.63, 3.8) is 0 Å². The molecule has 2 aromatic rings. The molecule has 0 bridgehead atoms. The molecule has 1 aromatic heterocycles. The van der Waals surface area contributed by atoms with Crippen molar-refractivity contribution in [3.8, 4) is 0 Å². The van der Waals surface area contributed by atoms with E-state index in [-0.39, 0.29) is 5.91 Å². The van der Waals surface area contributed by atoms with Crippen LogP contribution in [0.25, 0.3) is 6.08 Å². The van der Waals surface area contributed by atoms with Gasteiger partial charge < -0.3 is 5.32 Å². The SMILES string of the molecule is CCCn1cc(CNC(=O)/C=C/c2ccccc2)c(C)n1. The third-order valence-electron chi connectivity index (χ3n) is 3.18. The van der Waals surface area contributed by atoms with Crippen molar-refractivity contribution in [1.82, 2.24) is 15.1 Å². The van der Waals surface area contributed by atoms with Crippen LogP contribution in [0.4, 0.5) is 0 Å². The van der Waals surface area contributed by atoms with Crippen LogP contribution < -0.4 is 5.32 Å². The number of carbonyl (C=O) groups excluding carboxylic acids is 1. The fraction of sp³-hybridized carbons (Fsp3) is 0.294. The minimum Gasteiger partial charge on any atom is -0.348 e. The second-order valence-electron chi connectivity index (χ2n) is 4.96. The lowest BCUT2D eigenvalue weighted by Gasteiger charge is -2.00. The molecule has 0 atom stereocenters. The molecule has 0 aliphatic rings. The Morgan fingerprint density at radius 2 is 2.10 bits per heavy atom. The molecule has 0 spiro atoms. The Kier molecular flexibility index (Phi) is 5.32. The summed E-state index contributed by atoms with van der Waals surface area (Å²) >= 11 is 0. The first-order valence-corrected chi connectivity index (χ1v) is 7.23. The van der Waals surface area contributed by atoms with E-state index in [1.807, 2.05) is 54.2 Å². The van der Waals surface area contributed by atoms with Crippen LogP contribution in [-0.2, 0) is 17.9 Å². The van der Waals surface area contributed by atoms with E-state index in [0.717, 1.165) is 29.8 Å². The molecule has 0 aliphatic carbocycles. The van der Waals surface area contributed by atoms with Crippen LogP contribution in [0.1, 0.15) is 30.2 Å². The molecular weight excluding hydrogens is 262 g/mol. The molecular formula is C17H21N3O. The van der Waals surface area contributed by atoms with Gasteiger partial charge in [0.05, 0.1) is 5.69 Å². The summed E-state index contributed by atoms with van der Waals surface area (Å²) in [5.41, 5.74) is 3.04. The predicted octanol–water partition coefficient (Wildman–Crippen LogP) is 2.93. The maximum atomic E-state index is 11.8. The van der Waals surface area contributed by atoms with Gasteiger partial charge in [-0.2, -0.15) is 5.10 Å². The van der Waals surface area contributed by atoms with Crippen molar-refractivity contribution < 1.29 is 4.79 Å². The first-order valence-electron chi connectivity index (χ1n) is 7.23. The Labute approximate surface area is 125 Å². The molecule has 0 saturated carbocycles. The zero-order valence-electron chi connectivity index (χ0n) is 12.5. The number of aromatic nitrogens is 2. The van der Waals surface area contributed by atoms with Crippen LogP contribution in [0.3, 0.4) is 0 Å². The number of hydrogen-bond donors (Lipinski definition) is 1. The van der Waals surface area contributed by atoms with E-state index >= 15 is 0 Å². The number of amides is 1. The lowest BCUT2D eigenvalue weighted by Crippen LogP contribution is -2.20.